The van der Waals surface area contributed by atoms with Gasteiger partial charge in [-0.15, -0.1) is 0 Å². The van der Waals surface area contributed by atoms with Crippen LogP contribution in [0.3, 0.4) is 0 Å². The number of halogens is 1. The molecule has 24 heavy (non-hydrogen) atoms. The van der Waals surface area contributed by atoms with Crippen molar-refractivity contribution in [3.63, 3.8) is 0 Å². The van der Waals surface area contributed by atoms with E-state index in [2.05, 4.69) is 21.4 Å². The molecule has 0 bridgehead atoms. The van der Waals surface area contributed by atoms with Gasteiger partial charge in [0.1, 0.15) is 0 Å². The first-order chi connectivity index (χ1) is 11.4. The number of carbonyl (C=O) groups excluding carboxylic acids is 1. The molecule has 124 valence electrons. The fourth-order valence-electron chi connectivity index (χ4n) is 2.78. The second kappa shape index (κ2) is 6.42. The zero-order valence-electron chi connectivity index (χ0n) is 13.6. The van der Waals surface area contributed by atoms with Crippen LogP contribution in [0.25, 0.3) is 0 Å². The zero-order chi connectivity index (χ0) is 17.3. The third kappa shape index (κ3) is 2.97. The van der Waals surface area contributed by atoms with Crippen molar-refractivity contribution >= 4 is 21.8 Å². The van der Waals surface area contributed by atoms with Crippen LogP contribution in [0.15, 0.2) is 64.8 Å². The summed E-state index contributed by atoms with van der Waals surface area (Å²) in [5.74, 6) is -0.266. The minimum atomic E-state index is -1.43. The fraction of sp³-hybridized carbons (Fsp3) is 0.211. The molecule has 0 radical (unpaired) electrons. The number of hydrazine groups is 1. The average Bonchev–Trinajstić information content (AvgIpc) is 2.93. The molecule has 0 aromatic heterocycles. The number of hydrogen-bond donors (Lipinski definition) is 2. The smallest absolute Gasteiger partial charge is 0.275 e. The monoisotopic (exact) mass is 386 g/mol. The van der Waals surface area contributed by atoms with E-state index in [9.17, 15) is 9.90 Å². The van der Waals surface area contributed by atoms with Crippen LogP contribution >= 0.6 is 15.9 Å². The summed E-state index contributed by atoms with van der Waals surface area (Å²) in [5, 5.41) is 12.6. The minimum absolute atomic E-state index is 0.266. The van der Waals surface area contributed by atoms with Gasteiger partial charge in [0.2, 0.25) is 0 Å². The molecule has 1 saturated heterocycles. The Kier molecular flexibility index (Phi) is 4.47. The number of benzene rings is 2. The Morgan fingerprint density at radius 2 is 1.83 bits per heavy atom. The van der Waals surface area contributed by atoms with Gasteiger partial charge in [-0.05, 0) is 38.1 Å². The van der Waals surface area contributed by atoms with Gasteiger partial charge in [-0.2, -0.15) is 0 Å². The number of hydrogen-bond acceptors (Lipinski definition) is 3. The van der Waals surface area contributed by atoms with E-state index in [1.165, 1.54) is 5.01 Å². The van der Waals surface area contributed by atoms with E-state index in [0.29, 0.717) is 17.5 Å². The Labute approximate surface area is 149 Å². The molecular weight excluding hydrogens is 368 g/mol. The lowest BCUT2D eigenvalue weighted by molar-refractivity contribution is -0.0835. The predicted molar refractivity (Wildman–Crippen MR) is 96.9 cm³/mol. The van der Waals surface area contributed by atoms with Gasteiger partial charge >= 0.3 is 0 Å². The third-order valence-corrected chi connectivity index (χ3v) is 4.75. The van der Waals surface area contributed by atoms with Gasteiger partial charge in [0, 0.05) is 27.7 Å². The SMILES string of the molecule is CC=C1CC(O)(c2ccc(Br)cc2)N(C(=O)c2ccc(C)cc2)N1. The van der Waals surface area contributed by atoms with E-state index >= 15 is 0 Å². The van der Waals surface area contributed by atoms with Gasteiger partial charge in [-0.25, -0.2) is 5.01 Å². The number of carbonyl (C=O) groups is 1. The summed E-state index contributed by atoms with van der Waals surface area (Å²) >= 11 is 3.40. The van der Waals surface area contributed by atoms with Crippen molar-refractivity contribution in [1.82, 2.24) is 10.4 Å². The highest BCUT2D eigenvalue weighted by Crippen LogP contribution is 2.37. The summed E-state index contributed by atoms with van der Waals surface area (Å²) in [6.07, 6.45) is 2.19. The van der Waals surface area contributed by atoms with E-state index in [1.54, 1.807) is 12.1 Å². The van der Waals surface area contributed by atoms with Crippen molar-refractivity contribution in [3.05, 3.63) is 81.5 Å². The molecule has 2 aromatic carbocycles. The lowest BCUT2D eigenvalue weighted by Gasteiger charge is -2.32. The normalized spacial score (nSPS) is 21.8. The summed E-state index contributed by atoms with van der Waals surface area (Å²) in [7, 11) is 0. The van der Waals surface area contributed by atoms with Gasteiger partial charge in [0.25, 0.3) is 5.91 Å². The number of amides is 1. The number of nitrogens with zero attached hydrogens (tertiary/aromatic N) is 1. The standard InChI is InChI=1S/C19H19BrN2O2/c1-3-17-12-19(24,15-8-10-16(20)11-9-15)22(21-17)18(23)14-6-4-13(2)5-7-14/h3-11,21,24H,12H2,1-2H3. The van der Waals surface area contributed by atoms with Crippen molar-refractivity contribution in [2.24, 2.45) is 0 Å². The molecule has 0 saturated carbocycles. The summed E-state index contributed by atoms with van der Waals surface area (Å²) in [5.41, 5.74) is 4.69. The van der Waals surface area contributed by atoms with E-state index in [-0.39, 0.29) is 5.91 Å². The number of nitrogens with one attached hydrogen (secondary N) is 1. The summed E-state index contributed by atoms with van der Waals surface area (Å²) < 4.78 is 0.920. The molecule has 3 rings (SSSR count). The van der Waals surface area contributed by atoms with E-state index in [1.807, 2.05) is 56.3 Å². The minimum Gasteiger partial charge on any atom is -0.365 e. The highest BCUT2D eigenvalue weighted by atomic mass is 79.9. The molecule has 1 unspecified atom stereocenters. The van der Waals surface area contributed by atoms with Crippen LogP contribution in [0.2, 0.25) is 0 Å². The lowest BCUT2D eigenvalue weighted by Crippen LogP contribution is -2.49. The quantitative estimate of drug-likeness (QED) is 0.823. The van der Waals surface area contributed by atoms with Crippen LogP contribution in [-0.4, -0.2) is 16.0 Å². The topological polar surface area (TPSA) is 52.6 Å². The van der Waals surface area contributed by atoms with Crippen LogP contribution in [0.1, 0.15) is 34.8 Å². The molecule has 1 fully saturated rings. The first-order valence-electron chi connectivity index (χ1n) is 7.75. The van der Waals surface area contributed by atoms with Crippen molar-refractivity contribution in [2.45, 2.75) is 26.0 Å². The first kappa shape index (κ1) is 16.7. The molecule has 1 aliphatic rings. The van der Waals surface area contributed by atoms with E-state index in [4.69, 9.17) is 0 Å². The number of aryl methyl sites for hydroxylation is 1. The molecule has 1 aliphatic heterocycles. The molecule has 0 spiro atoms. The van der Waals surface area contributed by atoms with Gasteiger partial charge in [-0.1, -0.05) is 51.8 Å². The second-order valence-corrected chi connectivity index (χ2v) is 6.85. The molecule has 4 nitrogen and oxygen atoms in total. The fourth-order valence-corrected chi connectivity index (χ4v) is 3.04. The number of allylic oxidation sites excluding steroid dienone is 1. The van der Waals surface area contributed by atoms with Gasteiger partial charge in [0.05, 0.1) is 0 Å². The van der Waals surface area contributed by atoms with Crippen molar-refractivity contribution in [2.75, 3.05) is 0 Å². The van der Waals surface area contributed by atoms with Crippen LogP contribution in [-0.2, 0) is 5.72 Å². The average molecular weight is 387 g/mol. The van der Waals surface area contributed by atoms with Crippen LogP contribution in [0, 0.1) is 6.92 Å². The molecule has 1 amide bonds. The highest BCUT2D eigenvalue weighted by Gasteiger charge is 2.46. The van der Waals surface area contributed by atoms with Crippen molar-refractivity contribution in [1.29, 1.82) is 0 Å². The Hall–Kier alpha value is -2.11. The Morgan fingerprint density at radius 1 is 1.21 bits per heavy atom. The third-order valence-electron chi connectivity index (χ3n) is 4.22. The number of aliphatic hydroxyl groups is 1. The molecule has 2 N–H and O–H groups in total. The van der Waals surface area contributed by atoms with Gasteiger partial charge in [0.15, 0.2) is 5.72 Å². The predicted octanol–water partition coefficient (Wildman–Crippen LogP) is 3.86. The largest absolute Gasteiger partial charge is 0.365 e. The lowest BCUT2D eigenvalue weighted by atomic mass is 9.98. The van der Waals surface area contributed by atoms with Crippen LogP contribution in [0.4, 0.5) is 0 Å². The summed E-state index contributed by atoms with van der Waals surface area (Å²) in [6, 6.07) is 14.7. The second-order valence-electron chi connectivity index (χ2n) is 5.93. The summed E-state index contributed by atoms with van der Waals surface area (Å²) in [6.45, 7) is 3.85. The van der Waals surface area contributed by atoms with Gasteiger partial charge < -0.3 is 5.11 Å². The Balaban J connectivity index is 2.01. The zero-order valence-corrected chi connectivity index (χ0v) is 15.2. The van der Waals surface area contributed by atoms with Crippen molar-refractivity contribution < 1.29 is 9.90 Å². The molecule has 1 heterocycles. The molecule has 2 aromatic rings. The van der Waals surface area contributed by atoms with Crippen molar-refractivity contribution in [3.8, 4) is 0 Å². The van der Waals surface area contributed by atoms with E-state index < -0.39 is 5.72 Å². The van der Waals surface area contributed by atoms with E-state index in [0.717, 1.165) is 15.7 Å². The molecular formula is C19H19BrN2O2. The Morgan fingerprint density at radius 3 is 2.42 bits per heavy atom. The van der Waals surface area contributed by atoms with Gasteiger partial charge in [-0.3, -0.25) is 10.2 Å². The first-order valence-corrected chi connectivity index (χ1v) is 8.55. The number of rotatable bonds is 2. The molecule has 5 heteroatoms. The maximum Gasteiger partial charge on any atom is 0.275 e. The Bertz CT molecular complexity index is 784. The van der Waals surface area contributed by atoms with Crippen LogP contribution < -0.4 is 5.43 Å². The summed E-state index contributed by atoms with van der Waals surface area (Å²) in [4.78, 5) is 12.9. The maximum absolute atomic E-state index is 12.9. The maximum atomic E-state index is 12.9. The van der Waals surface area contributed by atoms with Crippen LogP contribution in [0.5, 0.6) is 0 Å². The highest BCUT2D eigenvalue weighted by molar-refractivity contribution is 9.10. The molecule has 1 atom stereocenters. The molecule has 0 aliphatic carbocycles.